The first-order valence-corrected chi connectivity index (χ1v) is 2.56. The van der Waals surface area contributed by atoms with Gasteiger partial charge in [-0.1, -0.05) is 0 Å². The van der Waals surface area contributed by atoms with Gasteiger partial charge in [0.25, 0.3) is 0 Å². The monoisotopic (exact) mass is 82.1 g/mol. The molecule has 1 heteroatoms. The van der Waals surface area contributed by atoms with Gasteiger partial charge in [0.1, 0.15) is 0 Å². The molecule has 1 nitrogen and oxygen atoms in total. The first-order valence-electron chi connectivity index (χ1n) is 2.56. The molecule has 0 spiro atoms. The third-order valence-electron chi connectivity index (χ3n) is 1.61. The number of piperidine rings is 1. The van der Waals surface area contributed by atoms with Crippen LogP contribution in [0.5, 0.6) is 0 Å². The summed E-state index contributed by atoms with van der Waals surface area (Å²) in [5, 5.41) is 0. The molecule has 2 saturated heterocycles. The van der Waals surface area contributed by atoms with Gasteiger partial charge in [-0.15, -0.1) is 0 Å². The van der Waals surface area contributed by atoms with Crippen LogP contribution in [-0.4, -0.2) is 18.0 Å². The fourth-order valence-corrected chi connectivity index (χ4v) is 1.13. The smallest absolute Gasteiger partial charge is 0.0534 e. The Morgan fingerprint density at radius 1 is 1.50 bits per heavy atom. The zero-order chi connectivity index (χ0) is 3.98. The lowest BCUT2D eigenvalue weighted by atomic mass is 10.3. The van der Waals surface area contributed by atoms with E-state index in [2.05, 4.69) is 4.90 Å². The molecule has 2 rings (SSSR count). The normalized spacial score (nSPS) is 43.0. The van der Waals surface area contributed by atoms with Crippen LogP contribution in [0.1, 0.15) is 12.8 Å². The van der Waals surface area contributed by atoms with Crippen LogP contribution in [0.15, 0.2) is 0 Å². The van der Waals surface area contributed by atoms with Crippen molar-refractivity contribution in [1.82, 2.24) is 4.90 Å². The molecule has 2 aliphatic heterocycles. The minimum absolute atomic E-state index is 1.33. The van der Waals surface area contributed by atoms with E-state index in [4.69, 9.17) is 0 Å². The number of hydrogen-bond acceptors (Lipinski definition) is 1. The number of hydrogen-bond donors (Lipinski definition) is 0. The van der Waals surface area contributed by atoms with E-state index in [-0.39, 0.29) is 0 Å². The highest BCUT2D eigenvalue weighted by Crippen LogP contribution is 2.36. The largest absolute Gasteiger partial charge is 0.293 e. The molecule has 2 aliphatic rings. The molecule has 0 aromatic heterocycles. The van der Waals surface area contributed by atoms with Gasteiger partial charge in [-0.2, -0.15) is 0 Å². The minimum atomic E-state index is 1.33. The predicted molar refractivity (Wildman–Crippen MR) is 24.0 cm³/mol. The van der Waals surface area contributed by atoms with Crippen molar-refractivity contribution in [2.75, 3.05) is 13.1 Å². The van der Waals surface area contributed by atoms with Crippen molar-refractivity contribution in [3.05, 3.63) is 6.04 Å². The summed E-state index contributed by atoms with van der Waals surface area (Å²) in [7, 11) is 0. The van der Waals surface area contributed by atoms with E-state index in [9.17, 15) is 0 Å². The van der Waals surface area contributed by atoms with Crippen LogP contribution in [0.4, 0.5) is 0 Å². The molecule has 2 fully saturated rings. The molecule has 6 heavy (non-hydrogen) atoms. The maximum Gasteiger partial charge on any atom is 0.0534 e. The summed E-state index contributed by atoms with van der Waals surface area (Å²) in [6, 6.07) is 1.70. The average molecular weight is 82.1 g/mol. The Morgan fingerprint density at radius 3 is 2.67 bits per heavy atom. The summed E-state index contributed by atoms with van der Waals surface area (Å²) in [4.78, 5) is 2.44. The highest BCUT2D eigenvalue weighted by atomic mass is 15.3. The molecule has 0 bridgehead atoms. The van der Waals surface area contributed by atoms with E-state index in [0.29, 0.717) is 0 Å². The van der Waals surface area contributed by atoms with Crippen molar-refractivity contribution < 1.29 is 0 Å². The molecule has 1 radical (unpaired) electrons. The topological polar surface area (TPSA) is 3.01 Å². The van der Waals surface area contributed by atoms with Gasteiger partial charge in [0, 0.05) is 6.54 Å². The zero-order valence-corrected chi connectivity index (χ0v) is 3.78. The summed E-state index contributed by atoms with van der Waals surface area (Å²) in [6.45, 7) is 2.69. The highest BCUT2D eigenvalue weighted by Gasteiger charge is 2.38. The SMILES string of the molecule is C1C[C]2C[N@]2C1. The minimum Gasteiger partial charge on any atom is -0.293 e. The van der Waals surface area contributed by atoms with Gasteiger partial charge in [0.2, 0.25) is 0 Å². The fourth-order valence-electron chi connectivity index (χ4n) is 1.13. The molecule has 2 heterocycles. The molecule has 33 valence electrons. The molecular formula is C5H8N. The van der Waals surface area contributed by atoms with Crippen LogP contribution in [0.25, 0.3) is 0 Å². The second kappa shape index (κ2) is 0.784. The van der Waals surface area contributed by atoms with E-state index in [1.807, 2.05) is 0 Å². The third kappa shape index (κ3) is 0.243. The van der Waals surface area contributed by atoms with Crippen LogP contribution in [0.2, 0.25) is 0 Å². The number of rotatable bonds is 0. The van der Waals surface area contributed by atoms with Gasteiger partial charge in [0.15, 0.2) is 0 Å². The Hall–Kier alpha value is -0.0400. The molecule has 0 aliphatic carbocycles. The van der Waals surface area contributed by atoms with Crippen LogP contribution in [-0.2, 0) is 0 Å². The van der Waals surface area contributed by atoms with Gasteiger partial charge >= 0.3 is 0 Å². The molecule has 0 saturated carbocycles. The summed E-state index contributed by atoms with van der Waals surface area (Å²) in [5.74, 6) is 0. The summed E-state index contributed by atoms with van der Waals surface area (Å²) in [6.07, 6.45) is 2.83. The molecule has 0 aromatic carbocycles. The summed E-state index contributed by atoms with van der Waals surface area (Å²) >= 11 is 0. The van der Waals surface area contributed by atoms with Crippen LogP contribution >= 0.6 is 0 Å². The standard InChI is InChI=1S/C5H8N/c1-2-5-4-6(5)3-1/h1-4H2/t6-/m0/s1. The quantitative estimate of drug-likeness (QED) is 0.387. The number of nitrogens with zero attached hydrogens (tertiary/aromatic N) is 1. The second-order valence-corrected chi connectivity index (χ2v) is 2.09. The van der Waals surface area contributed by atoms with Crippen molar-refractivity contribution >= 4 is 0 Å². The van der Waals surface area contributed by atoms with E-state index in [1.54, 1.807) is 6.04 Å². The Kier molecular flexibility index (Phi) is 0.396. The van der Waals surface area contributed by atoms with E-state index in [1.165, 1.54) is 25.9 Å². The lowest BCUT2D eigenvalue weighted by Gasteiger charge is -1.82. The molecule has 0 amide bonds. The summed E-state index contributed by atoms with van der Waals surface area (Å²) in [5.41, 5.74) is 0. The summed E-state index contributed by atoms with van der Waals surface area (Å²) < 4.78 is 0. The van der Waals surface area contributed by atoms with Crippen molar-refractivity contribution in [1.29, 1.82) is 0 Å². The predicted octanol–water partition coefficient (Wildman–Crippen LogP) is 0.628. The van der Waals surface area contributed by atoms with Crippen molar-refractivity contribution in [2.24, 2.45) is 0 Å². The highest BCUT2D eigenvalue weighted by molar-refractivity contribution is 5.12. The first-order chi connectivity index (χ1) is 2.97. The Bertz CT molecular complexity index is 62.3. The van der Waals surface area contributed by atoms with Crippen molar-refractivity contribution in [2.45, 2.75) is 12.8 Å². The van der Waals surface area contributed by atoms with Gasteiger partial charge in [-0.3, -0.25) is 4.90 Å². The molecular weight excluding hydrogens is 74.1 g/mol. The molecule has 1 atom stereocenters. The molecule has 0 aromatic rings. The average Bonchev–Trinajstić information content (AvgIpc) is 2.17. The van der Waals surface area contributed by atoms with Crippen molar-refractivity contribution in [3.8, 4) is 0 Å². The van der Waals surface area contributed by atoms with Crippen molar-refractivity contribution in [3.63, 3.8) is 0 Å². The molecule has 0 N–H and O–H groups in total. The fraction of sp³-hybridized carbons (Fsp3) is 0.800. The molecule has 0 unspecified atom stereocenters. The lowest BCUT2D eigenvalue weighted by molar-refractivity contribution is 0.612. The van der Waals surface area contributed by atoms with Gasteiger partial charge < -0.3 is 0 Å². The first kappa shape index (κ1) is 3.03. The van der Waals surface area contributed by atoms with E-state index in [0.717, 1.165) is 0 Å². The van der Waals surface area contributed by atoms with E-state index >= 15 is 0 Å². The van der Waals surface area contributed by atoms with Crippen LogP contribution in [0.3, 0.4) is 0 Å². The second-order valence-electron chi connectivity index (χ2n) is 2.09. The maximum atomic E-state index is 2.44. The maximum absolute atomic E-state index is 2.44. The third-order valence-corrected chi connectivity index (χ3v) is 1.61. The van der Waals surface area contributed by atoms with Crippen LogP contribution < -0.4 is 0 Å². The Morgan fingerprint density at radius 2 is 2.50 bits per heavy atom. The van der Waals surface area contributed by atoms with Gasteiger partial charge in [-0.05, 0) is 19.4 Å². The van der Waals surface area contributed by atoms with E-state index < -0.39 is 0 Å². The van der Waals surface area contributed by atoms with Gasteiger partial charge in [0.05, 0.1) is 6.04 Å². The Balaban J connectivity index is 2.09. The lowest BCUT2D eigenvalue weighted by Crippen LogP contribution is -1.89. The van der Waals surface area contributed by atoms with Gasteiger partial charge in [-0.25, -0.2) is 0 Å². The Labute approximate surface area is 37.9 Å². The van der Waals surface area contributed by atoms with Crippen LogP contribution in [0, 0.1) is 6.04 Å². The number of fused-ring (bicyclic) bond motifs is 1. The zero-order valence-electron chi connectivity index (χ0n) is 3.78.